The van der Waals surface area contributed by atoms with Crippen LogP contribution in [0.1, 0.15) is 25.0 Å². The monoisotopic (exact) mass is 431 g/mol. The fourth-order valence-electron chi connectivity index (χ4n) is 3.04. The Morgan fingerprint density at radius 1 is 1.07 bits per heavy atom. The third-order valence-electron chi connectivity index (χ3n) is 4.66. The first-order chi connectivity index (χ1) is 14.4. The first kappa shape index (κ1) is 23.7. The van der Waals surface area contributed by atoms with Gasteiger partial charge >= 0.3 is 0 Å². The highest BCUT2D eigenvalue weighted by Gasteiger charge is 2.11. The van der Waals surface area contributed by atoms with Crippen LogP contribution in [0.4, 0.5) is 5.69 Å². The highest BCUT2D eigenvalue weighted by molar-refractivity contribution is 7.89. The molecular weight excluding hydrogens is 398 g/mol. The quantitative estimate of drug-likeness (QED) is 0.398. The number of guanidine groups is 1. The average Bonchev–Trinajstić information content (AvgIpc) is 2.75. The van der Waals surface area contributed by atoms with Gasteiger partial charge in [0.2, 0.25) is 10.0 Å². The number of rotatable bonds is 10. The van der Waals surface area contributed by atoms with Crippen molar-refractivity contribution in [2.45, 2.75) is 32.2 Å². The number of hydrogen-bond acceptors (Lipinski definition) is 4. The van der Waals surface area contributed by atoms with Crippen molar-refractivity contribution >= 4 is 21.7 Å². The Morgan fingerprint density at radius 3 is 2.50 bits per heavy atom. The van der Waals surface area contributed by atoms with Crippen molar-refractivity contribution in [2.75, 3.05) is 38.1 Å². The lowest BCUT2D eigenvalue weighted by Crippen LogP contribution is -2.41. The van der Waals surface area contributed by atoms with Crippen molar-refractivity contribution in [3.63, 3.8) is 0 Å². The number of sulfonamides is 1. The first-order valence-corrected chi connectivity index (χ1v) is 11.7. The summed E-state index contributed by atoms with van der Waals surface area (Å²) in [4.78, 5) is 7.16. The molecule has 0 fully saturated rings. The maximum Gasteiger partial charge on any atom is 0.240 e. The molecule has 0 radical (unpaired) electrons. The molecule has 0 atom stereocenters. The molecule has 0 aliphatic heterocycles. The minimum absolute atomic E-state index is 0.243. The summed E-state index contributed by atoms with van der Waals surface area (Å²) in [5, 5.41) is 6.60. The van der Waals surface area contributed by atoms with Crippen molar-refractivity contribution in [1.82, 2.24) is 15.4 Å². The van der Waals surface area contributed by atoms with Gasteiger partial charge in [0.1, 0.15) is 0 Å². The molecule has 164 valence electrons. The van der Waals surface area contributed by atoms with Crippen molar-refractivity contribution in [3.8, 4) is 0 Å². The van der Waals surface area contributed by atoms with Crippen LogP contribution in [0.15, 0.2) is 58.4 Å². The molecule has 0 saturated heterocycles. The molecule has 0 amide bonds. The standard InChI is InChI=1S/C22H33N5O2S/c1-5-24-22(25-13-14-27(6-2)20-11-7-9-18(3)15-20)26-17-19-10-8-12-21(16-19)30(28,29)23-4/h7-12,15-16,23H,5-6,13-14,17H2,1-4H3,(H2,24,25,26). The van der Waals surface area contributed by atoms with Crippen LogP contribution in [-0.4, -0.2) is 47.6 Å². The van der Waals surface area contributed by atoms with Crippen LogP contribution in [-0.2, 0) is 16.6 Å². The number of nitrogens with one attached hydrogen (secondary N) is 3. The summed E-state index contributed by atoms with van der Waals surface area (Å²) in [6.45, 7) is 9.90. The normalized spacial score (nSPS) is 11.9. The molecule has 0 aliphatic carbocycles. The molecule has 0 unspecified atom stereocenters. The van der Waals surface area contributed by atoms with E-state index in [4.69, 9.17) is 0 Å². The summed E-state index contributed by atoms with van der Waals surface area (Å²) in [5.41, 5.74) is 3.29. The molecule has 3 N–H and O–H groups in total. The molecular formula is C22H33N5O2S. The Kier molecular flexibility index (Phi) is 9.14. The van der Waals surface area contributed by atoms with E-state index < -0.39 is 10.0 Å². The number of aryl methyl sites for hydroxylation is 1. The average molecular weight is 432 g/mol. The lowest BCUT2D eigenvalue weighted by atomic mass is 10.2. The zero-order valence-corrected chi connectivity index (χ0v) is 19.1. The summed E-state index contributed by atoms with van der Waals surface area (Å²) in [5.74, 6) is 0.708. The SMILES string of the molecule is CCNC(=NCc1cccc(S(=O)(=O)NC)c1)NCCN(CC)c1cccc(C)c1. The van der Waals surface area contributed by atoms with E-state index in [1.807, 2.05) is 13.0 Å². The van der Waals surface area contributed by atoms with E-state index >= 15 is 0 Å². The second-order valence-electron chi connectivity index (χ2n) is 6.90. The summed E-state index contributed by atoms with van der Waals surface area (Å²) < 4.78 is 26.3. The molecule has 30 heavy (non-hydrogen) atoms. The molecule has 8 heteroatoms. The summed E-state index contributed by atoms with van der Waals surface area (Å²) >= 11 is 0. The van der Waals surface area contributed by atoms with Gasteiger partial charge in [-0.1, -0.05) is 24.3 Å². The Morgan fingerprint density at radius 2 is 1.83 bits per heavy atom. The number of hydrogen-bond donors (Lipinski definition) is 3. The maximum absolute atomic E-state index is 12.0. The summed E-state index contributed by atoms with van der Waals surface area (Å²) in [6, 6.07) is 15.3. The third-order valence-corrected chi connectivity index (χ3v) is 6.08. The smallest absolute Gasteiger partial charge is 0.240 e. The van der Waals surface area contributed by atoms with E-state index in [9.17, 15) is 8.42 Å². The highest BCUT2D eigenvalue weighted by Crippen LogP contribution is 2.15. The van der Waals surface area contributed by atoms with E-state index in [1.54, 1.807) is 18.2 Å². The molecule has 2 rings (SSSR count). The topological polar surface area (TPSA) is 85.8 Å². The van der Waals surface area contributed by atoms with Crippen molar-refractivity contribution in [1.29, 1.82) is 0 Å². The molecule has 0 aromatic heterocycles. The van der Waals surface area contributed by atoms with E-state index in [-0.39, 0.29) is 4.90 Å². The predicted molar refractivity (Wildman–Crippen MR) is 125 cm³/mol. The van der Waals surface area contributed by atoms with Crippen molar-refractivity contribution < 1.29 is 8.42 Å². The zero-order chi connectivity index (χ0) is 22.0. The number of benzene rings is 2. The van der Waals surface area contributed by atoms with Gasteiger partial charge in [0.25, 0.3) is 0 Å². The molecule has 2 aromatic carbocycles. The van der Waals surface area contributed by atoms with Crippen LogP contribution in [0.5, 0.6) is 0 Å². The second-order valence-corrected chi connectivity index (χ2v) is 8.78. The minimum Gasteiger partial charge on any atom is -0.370 e. The van der Waals surface area contributed by atoms with Crippen LogP contribution < -0.4 is 20.3 Å². The largest absolute Gasteiger partial charge is 0.370 e. The van der Waals surface area contributed by atoms with Gasteiger partial charge in [-0.05, 0) is 63.2 Å². The number of aliphatic imine (C=N–C) groups is 1. The molecule has 0 saturated carbocycles. The van der Waals surface area contributed by atoms with E-state index in [0.717, 1.165) is 31.7 Å². The Bertz CT molecular complexity index is 944. The molecule has 0 spiro atoms. The summed E-state index contributed by atoms with van der Waals surface area (Å²) in [7, 11) is -2.05. The number of likely N-dealkylation sites (N-methyl/N-ethyl adjacent to an activating group) is 1. The van der Waals surface area contributed by atoms with Gasteiger partial charge in [-0.3, -0.25) is 0 Å². The van der Waals surface area contributed by atoms with Crippen LogP contribution in [0.25, 0.3) is 0 Å². The lowest BCUT2D eigenvalue weighted by molar-refractivity contribution is 0.588. The van der Waals surface area contributed by atoms with E-state index in [1.165, 1.54) is 18.3 Å². The summed E-state index contributed by atoms with van der Waals surface area (Å²) in [6.07, 6.45) is 0. The predicted octanol–water partition coefficient (Wildman–Crippen LogP) is 2.48. The van der Waals surface area contributed by atoms with Gasteiger partial charge in [-0.25, -0.2) is 18.1 Å². The molecule has 0 bridgehead atoms. The fraction of sp³-hybridized carbons (Fsp3) is 0.409. The van der Waals surface area contributed by atoms with Gasteiger partial charge in [0.15, 0.2) is 5.96 Å². The van der Waals surface area contributed by atoms with E-state index in [0.29, 0.717) is 12.5 Å². The van der Waals surface area contributed by atoms with Gasteiger partial charge in [0.05, 0.1) is 11.4 Å². The highest BCUT2D eigenvalue weighted by atomic mass is 32.2. The third kappa shape index (κ3) is 7.03. The van der Waals surface area contributed by atoms with Crippen molar-refractivity contribution in [2.24, 2.45) is 4.99 Å². The van der Waals surface area contributed by atoms with Crippen LogP contribution in [0.2, 0.25) is 0 Å². The number of nitrogens with zero attached hydrogens (tertiary/aromatic N) is 2. The number of anilines is 1. The van der Waals surface area contributed by atoms with Gasteiger partial charge in [0, 0.05) is 31.9 Å². The van der Waals surface area contributed by atoms with E-state index in [2.05, 4.69) is 63.4 Å². The Hall–Kier alpha value is -2.58. The maximum atomic E-state index is 12.0. The Labute approximate surface area is 180 Å². The lowest BCUT2D eigenvalue weighted by Gasteiger charge is -2.24. The fourth-order valence-corrected chi connectivity index (χ4v) is 3.84. The van der Waals surface area contributed by atoms with Gasteiger partial charge < -0.3 is 15.5 Å². The molecule has 0 aliphatic rings. The van der Waals surface area contributed by atoms with Crippen LogP contribution in [0, 0.1) is 6.92 Å². The minimum atomic E-state index is -3.46. The molecule has 0 heterocycles. The second kappa shape index (κ2) is 11.6. The van der Waals surface area contributed by atoms with Crippen LogP contribution >= 0.6 is 0 Å². The molecule has 2 aromatic rings. The Balaban J connectivity index is 2.00. The van der Waals surface area contributed by atoms with Crippen LogP contribution in [0.3, 0.4) is 0 Å². The van der Waals surface area contributed by atoms with Gasteiger partial charge in [-0.15, -0.1) is 0 Å². The first-order valence-electron chi connectivity index (χ1n) is 10.3. The van der Waals surface area contributed by atoms with Gasteiger partial charge in [-0.2, -0.15) is 0 Å². The molecule has 7 nitrogen and oxygen atoms in total. The van der Waals surface area contributed by atoms with Crippen molar-refractivity contribution in [3.05, 3.63) is 59.7 Å². The zero-order valence-electron chi connectivity index (χ0n) is 18.3.